The molecule has 4 N–H and O–H groups in total. The topological polar surface area (TPSA) is 85.2 Å². The predicted octanol–water partition coefficient (Wildman–Crippen LogP) is 5.04. The Morgan fingerprint density at radius 1 is 1.00 bits per heavy atom. The van der Waals surface area contributed by atoms with Crippen molar-refractivity contribution in [2.45, 2.75) is 13.8 Å². The Morgan fingerprint density at radius 2 is 1.71 bits per heavy atom. The van der Waals surface area contributed by atoms with E-state index in [0.717, 1.165) is 58.0 Å². The molecule has 0 aliphatic carbocycles. The van der Waals surface area contributed by atoms with Crippen molar-refractivity contribution in [2.24, 2.45) is 16.9 Å². The molecule has 1 saturated heterocycles. The Kier molecular flexibility index (Phi) is 5.52. The van der Waals surface area contributed by atoms with Gasteiger partial charge in [0.2, 0.25) is 5.91 Å². The van der Waals surface area contributed by atoms with E-state index in [1.54, 1.807) is 12.3 Å². The fraction of sp³-hybridized carbons (Fsp3) is 0.214. The predicted molar refractivity (Wildman–Crippen MR) is 135 cm³/mol. The van der Waals surface area contributed by atoms with E-state index < -0.39 is 11.7 Å². The molecular formula is C28H26F2N4O. The van der Waals surface area contributed by atoms with Crippen molar-refractivity contribution in [3.63, 3.8) is 0 Å². The molecule has 5 nitrogen and oxygen atoms in total. The molecule has 2 heterocycles. The Hall–Kier alpha value is -3.84. The van der Waals surface area contributed by atoms with Gasteiger partial charge in [-0.25, -0.2) is 8.78 Å². The minimum Gasteiger partial charge on any atom is -0.369 e. The lowest BCUT2D eigenvalue weighted by molar-refractivity contribution is 0.1000. The lowest BCUT2D eigenvalue weighted by atomic mass is 9.80. The van der Waals surface area contributed by atoms with Crippen LogP contribution in [0.25, 0.3) is 33.2 Å². The number of pyridine rings is 1. The van der Waals surface area contributed by atoms with Crippen molar-refractivity contribution in [3.05, 3.63) is 83.6 Å². The molecule has 3 aromatic carbocycles. The molecule has 4 aromatic rings. The third-order valence-electron chi connectivity index (χ3n) is 6.66. The first-order valence-electron chi connectivity index (χ1n) is 11.4. The van der Waals surface area contributed by atoms with E-state index in [1.807, 2.05) is 31.2 Å². The van der Waals surface area contributed by atoms with Gasteiger partial charge < -0.3 is 16.4 Å². The molecule has 0 bridgehead atoms. The van der Waals surface area contributed by atoms with Crippen molar-refractivity contribution in [1.29, 1.82) is 0 Å². The van der Waals surface area contributed by atoms with Gasteiger partial charge >= 0.3 is 0 Å². The Bertz CT molecular complexity index is 1460. The number of nitrogens with two attached hydrogens (primary N) is 2. The second-order valence-electron chi connectivity index (χ2n) is 9.73. The van der Waals surface area contributed by atoms with Crippen molar-refractivity contribution in [1.82, 2.24) is 4.98 Å². The average Bonchev–Trinajstić information content (AvgIpc) is 2.80. The quantitative estimate of drug-likeness (QED) is 0.426. The van der Waals surface area contributed by atoms with Crippen LogP contribution in [0.4, 0.5) is 14.5 Å². The van der Waals surface area contributed by atoms with Gasteiger partial charge in [-0.1, -0.05) is 19.1 Å². The van der Waals surface area contributed by atoms with E-state index in [-0.39, 0.29) is 16.8 Å². The summed E-state index contributed by atoms with van der Waals surface area (Å²) in [7, 11) is 0. The smallest absolute Gasteiger partial charge is 0.248 e. The highest BCUT2D eigenvalue weighted by atomic mass is 19.1. The number of anilines is 1. The maximum absolute atomic E-state index is 14.3. The molecule has 0 atom stereocenters. The number of hydrogen-bond donors (Lipinski definition) is 2. The minimum atomic E-state index is -0.695. The van der Waals surface area contributed by atoms with Crippen LogP contribution in [-0.4, -0.2) is 30.5 Å². The van der Waals surface area contributed by atoms with Crippen LogP contribution in [0.5, 0.6) is 0 Å². The lowest BCUT2D eigenvalue weighted by Crippen LogP contribution is -2.58. The molecule has 1 aromatic heterocycles. The van der Waals surface area contributed by atoms with Crippen molar-refractivity contribution >= 4 is 22.5 Å². The Balaban J connectivity index is 1.73. The number of amides is 1. The van der Waals surface area contributed by atoms with Gasteiger partial charge in [0.1, 0.15) is 11.6 Å². The van der Waals surface area contributed by atoms with Crippen molar-refractivity contribution < 1.29 is 13.6 Å². The number of rotatable bonds is 5. The van der Waals surface area contributed by atoms with Gasteiger partial charge in [-0.3, -0.25) is 9.78 Å². The van der Waals surface area contributed by atoms with Crippen LogP contribution >= 0.6 is 0 Å². The summed E-state index contributed by atoms with van der Waals surface area (Å²) in [6.07, 6.45) is 1.77. The van der Waals surface area contributed by atoms with Gasteiger partial charge in [-0.2, -0.15) is 0 Å². The average molecular weight is 473 g/mol. The van der Waals surface area contributed by atoms with Gasteiger partial charge in [-0.05, 0) is 71.6 Å². The highest BCUT2D eigenvalue weighted by Gasteiger charge is 2.39. The maximum atomic E-state index is 14.3. The van der Waals surface area contributed by atoms with Gasteiger partial charge in [0.25, 0.3) is 0 Å². The number of aromatic nitrogens is 1. The van der Waals surface area contributed by atoms with Crippen LogP contribution in [0.15, 0.2) is 60.8 Å². The molecule has 7 heteroatoms. The molecule has 35 heavy (non-hydrogen) atoms. The second kappa shape index (κ2) is 8.43. The van der Waals surface area contributed by atoms with Crippen molar-refractivity contribution in [3.8, 4) is 22.3 Å². The summed E-state index contributed by atoms with van der Waals surface area (Å²) in [6.45, 7) is 6.06. The molecule has 1 fully saturated rings. The molecule has 1 aliphatic rings. The van der Waals surface area contributed by atoms with Crippen LogP contribution in [-0.2, 0) is 0 Å². The summed E-state index contributed by atoms with van der Waals surface area (Å²) in [5, 5.41) is 0.853. The number of benzene rings is 3. The van der Waals surface area contributed by atoms with Crippen LogP contribution in [0, 0.1) is 24.0 Å². The van der Waals surface area contributed by atoms with Gasteiger partial charge in [0.15, 0.2) is 0 Å². The van der Waals surface area contributed by atoms with E-state index in [0.29, 0.717) is 12.1 Å². The zero-order valence-corrected chi connectivity index (χ0v) is 19.6. The summed E-state index contributed by atoms with van der Waals surface area (Å²) in [5.41, 5.74) is 16.8. The largest absolute Gasteiger partial charge is 0.369 e. The number of carbonyl (C=O) groups is 1. The molecule has 0 radical (unpaired) electrons. The fourth-order valence-corrected chi connectivity index (χ4v) is 4.86. The molecule has 178 valence electrons. The normalized spacial score (nSPS) is 14.7. The number of aryl methyl sites for hydroxylation is 1. The third-order valence-corrected chi connectivity index (χ3v) is 6.66. The molecule has 0 unspecified atom stereocenters. The Labute approximate surface area is 202 Å². The second-order valence-corrected chi connectivity index (χ2v) is 9.73. The van der Waals surface area contributed by atoms with Gasteiger partial charge in [0.05, 0.1) is 11.2 Å². The molecule has 0 spiro atoms. The first-order valence-corrected chi connectivity index (χ1v) is 11.4. The maximum Gasteiger partial charge on any atom is 0.248 e. The van der Waals surface area contributed by atoms with Crippen LogP contribution in [0.2, 0.25) is 0 Å². The van der Waals surface area contributed by atoms with E-state index in [4.69, 9.17) is 11.5 Å². The van der Waals surface area contributed by atoms with Crippen LogP contribution < -0.4 is 16.4 Å². The molecule has 5 rings (SSSR count). The minimum absolute atomic E-state index is 0.0126. The fourth-order valence-electron chi connectivity index (χ4n) is 4.86. The summed E-state index contributed by atoms with van der Waals surface area (Å²) >= 11 is 0. The number of primary amides is 1. The highest BCUT2D eigenvalue weighted by Crippen LogP contribution is 2.44. The van der Waals surface area contributed by atoms with E-state index >= 15 is 0 Å². The molecule has 0 saturated carbocycles. The molecular weight excluding hydrogens is 446 g/mol. The number of nitrogens with zero attached hydrogens (tertiary/aromatic N) is 2. The SMILES string of the molecule is Cc1cc(F)cc(-c2cnc3ccc(-c4cc(F)cc(C(N)=O)c4)cc3c2N2CC(C)(CN)C2)c1. The zero-order valence-electron chi connectivity index (χ0n) is 19.6. The van der Waals surface area contributed by atoms with E-state index in [9.17, 15) is 13.6 Å². The third kappa shape index (κ3) is 4.23. The van der Waals surface area contributed by atoms with E-state index in [1.165, 1.54) is 18.2 Å². The zero-order chi connectivity index (χ0) is 24.9. The molecule has 1 aliphatic heterocycles. The summed E-state index contributed by atoms with van der Waals surface area (Å²) in [5.74, 6) is -1.55. The molecule has 1 amide bonds. The number of hydrogen-bond acceptors (Lipinski definition) is 4. The standard InChI is InChI=1S/C28H26F2N4O/c1-16-5-19(9-21(29)6-16)24-12-33-25-4-3-17(18-7-20(27(32)35)10-22(30)8-18)11-23(25)26(24)34-14-28(2,13-31)15-34/h3-12H,13-15,31H2,1-2H3,(H2,32,35). The Morgan fingerprint density at radius 3 is 2.40 bits per heavy atom. The summed E-state index contributed by atoms with van der Waals surface area (Å²) in [6, 6.07) is 14.7. The van der Waals surface area contributed by atoms with Gasteiger partial charge in [-0.15, -0.1) is 0 Å². The van der Waals surface area contributed by atoms with E-state index in [2.05, 4.69) is 16.8 Å². The van der Waals surface area contributed by atoms with Crippen molar-refractivity contribution in [2.75, 3.05) is 24.5 Å². The van der Waals surface area contributed by atoms with Crippen LogP contribution in [0.3, 0.4) is 0 Å². The highest BCUT2D eigenvalue weighted by molar-refractivity contribution is 6.02. The summed E-state index contributed by atoms with van der Waals surface area (Å²) < 4.78 is 28.6. The first-order chi connectivity index (χ1) is 16.7. The summed E-state index contributed by atoms with van der Waals surface area (Å²) in [4.78, 5) is 18.6. The number of carbonyl (C=O) groups excluding carboxylic acids is 1. The first kappa shape index (κ1) is 22.9. The van der Waals surface area contributed by atoms with Gasteiger partial charge in [0, 0.05) is 47.8 Å². The number of fused-ring (bicyclic) bond motifs is 1. The lowest BCUT2D eigenvalue weighted by Gasteiger charge is -2.49. The number of halogens is 2. The monoisotopic (exact) mass is 472 g/mol. The van der Waals surface area contributed by atoms with Crippen LogP contribution in [0.1, 0.15) is 22.8 Å².